The van der Waals surface area contributed by atoms with E-state index in [2.05, 4.69) is 4.98 Å². The van der Waals surface area contributed by atoms with Crippen LogP contribution in [0.25, 0.3) is 11.1 Å². The van der Waals surface area contributed by atoms with Gasteiger partial charge in [0, 0.05) is 17.3 Å². The zero-order valence-electron chi connectivity index (χ0n) is 17.3. The summed E-state index contributed by atoms with van der Waals surface area (Å²) in [4.78, 5) is 15.6. The van der Waals surface area contributed by atoms with Crippen LogP contribution in [0.3, 0.4) is 0 Å². The van der Waals surface area contributed by atoms with Gasteiger partial charge < -0.3 is 14.6 Å². The van der Waals surface area contributed by atoms with E-state index in [9.17, 15) is 18.7 Å². The molecule has 0 N–H and O–H groups in total. The number of carboxylic acids is 1. The molecule has 0 unspecified atom stereocenters. The van der Waals surface area contributed by atoms with E-state index in [1.807, 2.05) is 0 Å². The zero-order valence-corrected chi connectivity index (χ0v) is 20.1. The summed E-state index contributed by atoms with van der Waals surface area (Å²) in [5.41, 5.74) is 3.40. The van der Waals surface area contributed by atoms with E-state index in [4.69, 9.17) is 16.3 Å². The molecule has 1 aromatic heterocycles. The molecule has 0 saturated carbocycles. The maximum atomic E-state index is 14.1. The molecule has 0 atom stereocenters. The van der Waals surface area contributed by atoms with E-state index in [1.165, 1.54) is 30.5 Å². The van der Waals surface area contributed by atoms with Crippen LogP contribution in [0.5, 0.6) is 5.88 Å². The first-order chi connectivity index (χ1) is 14.9. The second kappa shape index (κ2) is 10.6. The first-order valence-corrected chi connectivity index (χ1v) is 10.1. The van der Waals surface area contributed by atoms with Gasteiger partial charge in [0.2, 0.25) is 5.88 Å². The van der Waals surface area contributed by atoms with Gasteiger partial charge in [0.05, 0.1) is 11.0 Å². The number of nitrogens with zero attached hydrogens (tertiary/aromatic N) is 1. The maximum Gasteiger partial charge on any atom is 1.00 e. The molecule has 0 radical (unpaired) electrons. The molecule has 1 aliphatic carbocycles. The summed E-state index contributed by atoms with van der Waals surface area (Å²) in [5, 5.41) is 11.7. The van der Waals surface area contributed by atoms with Gasteiger partial charge in [0.1, 0.15) is 18.2 Å². The smallest absolute Gasteiger partial charge is 0.545 e. The Morgan fingerprint density at radius 1 is 1.03 bits per heavy atom. The number of aromatic carboxylic acids is 1. The van der Waals surface area contributed by atoms with Crippen molar-refractivity contribution in [3.63, 3.8) is 0 Å². The minimum atomic E-state index is -1.44. The molecule has 0 bridgehead atoms. The third kappa shape index (κ3) is 5.56. The number of ether oxygens (including phenoxy) is 1. The molecule has 2 aromatic carbocycles. The van der Waals surface area contributed by atoms with Crippen LogP contribution in [0.1, 0.15) is 46.3 Å². The number of hydrogen-bond donors (Lipinski definition) is 0. The van der Waals surface area contributed by atoms with Gasteiger partial charge in [-0.25, -0.2) is 13.8 Å². The van der Waals surface area contributed by atoms with Crippen LogP contribution in [0, 0.1) is 11.6 Å². The Labute approximate surface area is 211 Å². The Balaban J connectivity index is 0.00000289. The van der Waals surface area contributed by atoms with Gasteiger partial charge in [0.15, 0.2) is 0 Å². The van der Waals surface area contributed by atoms with E-state index in [-0.39, 0.29) is 47.5 Å². The maximum absolute atomic E-state index is 14.1. The van der Waals surface area contributed by atoms with Crippen LogP contribution in [-0.4, -0.2) is 11.0 Å². The van der Waals surface area contributed by atoms with Crippen LogP contribution in [0.2, 0.25) is 5.02 Å². The number of rotatable bonds is 6. The van der Waals surface area contributed by atoms with Crippen molar-refractivity contribution in [2.45, 2.75) is 25.9 Å². The summed E-state index contributed by atoms with van der Waals surface area (Å²) in [6.45, 7) is 0.180. The normalized spacial score (nSPS) is 13.1. The summed E-state index contributed by atoms with van der Waals surface area (Å²) in [6, 6.07) is 11.3. The van der Waals surface area contributed by atoms with Gasteiger partial charge in [0.25, 0.3) is 0 Å². The summed E-state index contributed by atoms with van der Waals surface area (Å²) in [5.74, 6) is -2.07. The summed E-state index contributed by atoms with van der Waals surface area (Å²) < 4.78 is 33.1. The summed E-state index contributed by atoms with van der Waals surface area (Å²) in [7, 11) is 0. The van der Waals surface area contributed by atoms with Crippen LogP contribution in [0.15, 0.2) is 54.7 Å². The van der Waals surface area contributed by atoms with Gasteiger partial charge in [-0.15, -0.1) is 0 Å². The van der Waals surface area contributed by atoms with E-state index >= 15 is 0 Å². The van der Waals surface area contributed by atoms with Gasteiger partial charge in [-0.2, -0.15) is 0 Å². The summed E-state index contributed by atoms with van der Waals surface area (Å²) >= 11 is 6.19. The number of allylic oxidation sites excluding steroid dienone is 2. The second-order valence-electron chi connectivity index (χ2n) is 7.25. The van der Waals surface area contributed by atoms with Gasteiger partial charge >= 0.3 is 29.6 Å². The number of aromatic nitrogens is 1. The third-order valence-electron chi connectivity index (χ3n) is 5.13. The molecule has 32 heavy (non-hydrogen) atoms. The molecule has 0 fully saturated rings. The van der Waals surface area contributed by atoms with Gasteiger partial charge in [-0.1, -0.05) is 23.7 Å². The van der Waals surface area contributed by atoms with E-state index in [0.717, 1.165) is 29.2 Å². The molecule has 1 heterocycles. The van der Waals surface area contributed by atoms with E-state index in [1.54, 1.807) is 18.2 Å². The molecule has 158 valence electrons. The monoisotopic (exact) mass is 463 g/mol. The van der Waals surface area contributed by atoms with Crippen LogP contribution in [-0.2, 0) is 6.61 Å². The van der Waals surface area contributed by atoms with Crippen molar-refractivity contribution in [2.24, 2.45) is 0 Å². The van der Waals surface area contributed by atoms with Crippen molar-refractivity contribution in [1.82, 2.24) is 4.98 Å². The summed E-state index contributed by atoms with van der Waals surface area (Å²) in [6.07, 6.45) is 3.61. The van der Waals surface area contributed by atoms with Crippen LogP contribution < -0.4 is 39.4 Å². The standard InChI is InChI=1S/C24H18ClF2NO3.Na/c25-17-11-22(23(28-12-17)31-13-14-4-6-18(26)7-5-14)21-3-1-2-20(21)15-8-16(24(29)30)10-19(27)9-15;/h4-12H,1-3,13H2,(H,29,30);/q;+1/p-1. The van der Waals surface area contributed by atoms with E-state index < -0.39 is 11.8 Å². The fraction of sp³-hybridized carbons (Fsp3) is 0.167. The SMILES string of the molecule is O=C([O-])c1cc(F)cc(C2=C(c3cc(Cl)cnc3OCc3ccc(F)cc3)CCC2)c1.[Na+]. The Bertz CT molecular complexity index is 1180. The molecule has 1 aliphatic rings. The minimum Gasteiger partial charge on any atom is -0.545 e. The Morgan fingerprint density at radius 2 is 1.75 bits per heavy atom. The number of carbonyl (C=O) groups excluding carboxylic acids is 1. The first kappa shape index (κ1) is 24.4. The number of pyridine rings is 1. The molecule has 0 aliphatic heterocycles. The molecule has 0 saturated heterocycles. The topological polar surface area (TPSA) is 62.2 Å². The first-order valence-electron chi connectivity index (χ1n) is 9.68. The van der Waals surface area contributed by atoms with Gasteiger partial charge in [-0.3, -0.25) is 0 Å². The average molecular weight is 464 g/mol. The molecule has 4 nitrogen and oxygen atoms in total. The molecule has 0 spiro atoms. The van der Waals surface area contributed by atoms with Crippen LogP contribution >= 0.6 is 11.6 Å². The van der Waals surface area contributed by atoms with Crippen molar-refractivity contribution in [2.75, 3.05) is 0 Å². The molecule has 4 rings (SSSR count). The van der Waals surface area contributed by atoms with Crippen molar-refractivity contribution >= 4 is 28.7 Å². The van der Waals surface area contributed by atoms with Crippen molar-refractivity contribution in [3.05, 3.63) is 93.6 Å². The Kier molecular flexibility index (Phi) is 8.06. The second-order valence-corrected chi connectivity index (χ2v) is 7.68. The molecular formula is C24H17ClF2NNaO3. The fourth-order valence-electron chi connectivity index (χ4n) is 3.73. The van der Waals surface area contributed by atoms with E-state index in [0.29, 0.717) is 34.9 Å². The fourth-order valence-corrected chi connectivity index (χ4v) is 3.89. The number of halogens is 3. The molecular weight excluding hydrogens is 447 g/mol. The Morgan fingerprint density at radius 3 is 2.47 bits per heavy atom. The molecule has 0 amide bonds. The minimum absolute atomic E-state index is 0. The number of benzene rings is 2. The van der Waals surface area contributed by atoms with Crippen molar-refractivity contribution < 1.29 is 53.0 Å². The van der Waals surface area contributed by atoms with Crippen LogP contribution in [0.4, 0.5) is 8.78 Å². The average Bonchev–Trinajstić information content (AvgIpc) is 3.23. The molecule has 8 heteroatoms. The third-order valence-corrected chi connectivity index (χ3v) is 5.34. The number of hydrogen-bond acceptors (Lipinski definition) is 4. The van der Waals surface area contributed by atoms with Crippen molar-refractivity contribution in [3.8, 4) is 5.88 Å². The number of carbonyl (C=O) groups is 1. The molecule has 3 aromatic rings. The largest absolute Gasteiger partial charge is 1.00 e. The quantitative estimate of drug-likeness (QED) is 0.525. The van der Waals surface area contributed by atoms with Crippen molar-refractivity contribution in [1.29, 1.82) is 0 Å². The number of carboxylic acid groups (broad SMARTS) is 1. The van der Waals surface area contributed by atoms with Gasteiger partial charge in [-0.05, 0) is 77.9 Å². The predicted molar refractivity (Wildman–Crippen MR) is 111 cm³/mol. The Hall–Kier alpha value is -2.25. The zero-order chi connectivity index (χ0) is 22.0. The predicted octanol–water partition coefficient (Wildman–Crippen LogP) is 2.05.